The molecule has 0 fully saturated rings. The molecule has 0 atom stereocenters. The molecule has 1 amide bonds. The van der Waals surface area contributed by atoms with E-state index in [9.17, 15) is 14.7 Å². The lowest BCUT2D eigenvalue weighted by molar-refractivity contribution is -0.138. The molecule has 1 N–H and O–H groups in total. The van der Waals surface area contributed by atoms with Gasteiger partial charge < -0.3 is 14.6 Å². The molecule has 0 unspecified atom stereocenters. The van der Waals surface area contributed by atoms with Crippen LogP contribution in [0.4, 0.5) is 0 Å². The number of thioether (sulfide) groups is 1. The average Bonchev–Trinajstić information content (AvgIpc) is 3.09. The van der Waals surface area contributed by atoms with Crippen LogP contribution in [-0.4, -0.2) is 28.6 Å². The van der Waals surface area contributed by atoms with Gasteiger partial charge in [-0.15, -0.1) is 0 Å². The van der Waals surface area contributed by atoms with Gasteiger partial charge >= 0.3 is 5.97 Å². The molecule has 9 heteroatoms. The summed E-state index contributed by atoms with van der Waals surface area (Å²) in [6, 6.07) is 12.4. The highest BCUT2D eigenvalue weighted by molar-refractivity contribution is 8.18. The second-order valence-electron chi connectivity index (χ2n) is 7.21. The van der Waals surface area contributed by atoms with Crippen molar-refractivity contribution in [2.24, 2.45) is 4.99 Å². The molecule has 0 bridgehead atoms. The lowest BCUT2D eigenvalue weighted by Gasteiger charge is -2.08. The van der Waals surface area contributed by atoms with E-state index in [-0.39, 0.29) is 41.9 Å². The van der Waals surface area contributed by atoms with Crippen LogP contribution < -0.4 is 4.74 Å². The zero-order valence-corrected chi connectivity index (χ0v) is 21.0. The van der Waals surface area contributed by atoms with Crippen LogP contribution in [-0.2, 0) is 20.9 Å². The molecule has 0 saturated heterocycles. The zero-order chi connectivity index (χ0) is 24.7. The summed E-state index contributed by atoms with van der Waals surface area (Å²) in [4.78, 5) is 28.8. The molecule has 0 saturated carbocycles. The molecule has 0 radical (unpaired) electrons. The minimum atomic E-state index is -0.719. The molecule has 0 aromatic heterocycles. The highest BCUT2D eigenvalue weighted by Crippen LogP contribution is 2.39. The first-order valence-corrected chi connectivity index (χ1v) is 12.2. The fraction of sp³-hybridized carbons (Fsp3) is 0.240. The molecule has 0 spiro atoms. The Kier molecular flexibility index (Phi) is 9.21. The van der Waals surface area contributed by atoms with Crippen molar-refractivity contribution in [3.05, 3.63) is 79.9 Å². The number of halogens is 2. The van der Waals surface area contributed by atoms with E-state index in [1.165, 1.54) is 0 Å². The summed E-state index contributed by atoms with van der Waals surface area (Å²) in [5.74, 6) is -0.706. The van der Waals surface area contributed by atoms with Crippen LogP contribution in [0.15, 0.2) is 63.7 Å². The first-order valence-electron chi connectivity index (χ1n) is 10.6. The molecule has 178 valence electrons. The maximum absolute atomic E-state index is 12.4. The molecule has 1 heterocycles. The minimum absolute atomic E-state index is 0.0950. The first kappa shape index (κ1) is 25.9. The number of rotatable bonds is 8. The second kappa shape index (κ2) is 12.1. The average molecular weight is 520 g/mol. The van der Waals surface area contributed by atoms with E-state index < -0.39 is 5.97 Å². The second-order valence-corrected chi connectivity index (χ2v) is 9.08. The van der Waals surface area contributed by atoms with Crippen LogP contribution in [0.5, 0.6) is 5.75 Å². The van der Waals surface area contributed by atoms with E-state index >= 15 is 0 Å². The molecular formula is C25H23Cl2NO5S. The lowest BCUT2D eigenvalue weighted by atomic mass is 10.1. The van der Waals surface area contributed by atoms with Gasteiger partial charge in [0, 0.05) is 22.0 Å². The number of carbonyl (C=O) groups excluding carboxylic acids is 2. The van der Waals surface area contributed by atoms with E-state index in [4.69, 9.17) is 32.7 Å². The van der Waals surface area contributed by atoms with E-state index in [0.717, 1.165) is 22.9 Å². The van der Waals surface area contributed by atoms with Crippen LogP contribution in [0.3, 0.4) is 0 Å². The normalized spacial score (nSPS) is 15.8. The van der Waals surface area contributed by atoms with Crippen LogP contribution >= 0.6 is 35.0 Å². The van der Waals surface area contributed by atoms with Crippen molar-refractivity contribution in [1.82, 2.24) is 0 Å². The number of aliphatic hydroxyl groups is 1. The summed E-state index contributed by atoms with van der Waals surface area (Å²) in [5.41, 5.74) is 1.48. The number of amides is 1. The Morgan fingerprint density at radius 3 is 2.50 bits per heavy atom. The topological polar surface area (TPSA) is 85.2 Å². The van der Waals surface area contributed by atoms with Crippen molar-refractivity contribution in [2.45, 2.75) is 33.3 Å². The zero-order valence-electron chi connectivity index (χ0n) is 18.6. The monoisotopic (exact) mass is 519 g/mol. The molecule has 6 nitrogen and oxygen atoms in total. The molecule has 0 aliphatic carbocycles. The van der Waals surface area contributed by atoms with Crippen LogP contribution in [0, 0.1) is 0 Å². The fourth-order valence-electron chi connectivity index (χ4n) is 2.99. The Morgan fingerprint density at radius 1 is 1.12 bits per heavy atom. The Bertz CT molecular complexity index is 1170. The van der Waals surface area contributed by atoms with Crippen LogP contribution in [0.25, 0.3) is 6.08 Å². The highest BCUT2D eigenvalue weighted by atomic mass is 35.5. The number of esters is 1. The Morgan fingerprint density at radius 2 is 1.85 bits per heavy atom. The number of carbonyl (C=O) groups is 2. The van der Waals surface area contributed by atoms with Gasteiger partial charge in [-0.1, -0.05) is 60.1 Å². The Balaban J connectivity index is 1.78. The number of aliphatic hydroxyl groups excluding tert-OH is 1. The minimum Gasteiger partial charge on any atom is -0.506 e. The standard InChI is InChI=1S/C25H23Cl2NO5S/c1-3-5-21(29)28-24-22(25(31)32-4-2)23(30)20(34-24)12-15-6-10-18(11-7-15)33-14-16-8-9-17(26)13-19(16)27/h6-13,30H,3-5,14H2,1-2H3/b20-12-,28-24?. The number of nitrogens with zero attached hydrogens (tertiary/aromatic N) is 1. The molecule has 2 aromatic carbocycles. The van der Waals surface area contributed by atoms with Gasteiger partial charge in [-0.2, -0.15) is 0 Å². The fourth-order valence-corrected chi connectivity index (χ4v) is 4.48. The van der Waals surface area contributed by atoms with E-state index in [1.54, 1.807) is 55.5 Å². The lowest BCUT2D eigenvalue weighted by Crippen LogP contribution is -2.14. The summed E-state index contributed by atoms with van der Waals surface area (Å²) >= 11 is 13.1. The number of ether oxygens (including phenoxy) is 2. The van der Waals surface area contributed by atoms with Gasteiger partial charge in [-0.25, -0.2) is 9.79 Å². The Hall–Kier alpha value is -2.74. The molecular weight excluding hydrogens is 497 g/mol. The molecule has 34 heavy (non-hydrogen) atoms. The summed E-state index contributed by atoms with van der Waals surface area (Å²) in [5, 5.41) is 11.9. The summed E-state index contributed by atoms with van der Waals surface area (Å²) in [6.07, 6.45) is 2.58. The van der Waals surface area contributed by atoms with Gasteiger partial charge in [-0.3, -0.25) is 4.79 Å². The number of benzene rings is 2. The maximum atomic E-state index is 12.4. The molecule has 2 aromatic rings. The number of aliphatic imine (C=N–C) groups is 1. The van der Waals surface area contributed by atoms with E-state index in [0.29, 0.717) is 27.1 Å². The summed E-state index contributed by atoms with van der Waals surface area (Å²) in [6.45, 7) is 3.95. The smallest absolute Gasteiger partial charge is 0.344 e. The van der Waals surface area contributed by atoms with Crippen molar-refractivity contribution in [3.63, 3.8) is 0 Å². The van der Waals surface area contributed by atoms with Crippen LogP contribution in [0.1, 0.15) is 37.8 Å². The van der Waals surface area contributed by atoms with Gasteiger partial charge in [0.2, 0.25) is 5.91 Å². The van der Waals surface area contributed by atoms with Gasteiger partial charge in [0.15, 0.2) is 0 Å². The third kappa shape index (κ3) is 6.65. The molecule has 1 aliphatic rings. The van der Waals surface area contributed by atoms with E-state index in [1.807, 2.05) is 6.92 Å². The molecule has 1 aliphatic heterocycles. The van der Waals surface area contributed by atoms with Crippen molar-refractivity contribution in [1.29, 1.82) is 0 Å². The van der Waals surface area contributed by atoms with E-state index in [2.05, 4.69) is 4.99 Å². The van der Waals surface area contributed by atoms with Crippen molar-refractivity contribution in [3.8, 4) is 5.75 Å². The van der Waals surface area contributed by atoms with Gasteiger partial charge in [0.1, 0.15) is 28.7 Å². The van der Waals surface area contributed by atoms with Gasteiger partial charge in [-0.05, 0) is 49.2 Å². The first-order chi connectivity index (χ1) is 16.3. The summed E-state index contributed by atoms with van der Waals surface area (Å²) < 4.78 is 10.8. The number of hydrogen-bond donors (Lipinski definition) is 1. The Labute approximate surface area is 212 Å². The third-order valence-corrected chi connectivity index (χ3v) is 6.25. The van der Waals surface area contributed by atoms with Crippen LogP contribution in [0.2, 0.25) is 10.0 Å². The number of hydrogen-bond acceptors (Lipinski definition) is 6. The maximum Gasteiger partial charge on any atom is 0.344 e. The third-order valence-electron chi connectivity index (χ3n) is 4.65. The summed E-state index contributed by atoms with van der Waals surface area (Å²) in [7, 11) is 0. The van der Waals surface area contributed by atoms with Gasteiger partial charge in [0.05, 0.1) is 11.5 Å². The predicted octanol–water partition coefficient (Wildman–Crippen LogP) is 6.76. The van der Waals surface area contributed by atoms with Gasteiger partial charge in [0.25, 0.3) is 0 Å². The molecule has 3 rings (SSSR count). The van der Waals surface area contributed by atoms with Crippen molar-refractivity contribution >= 4 is 58.0 Å². The SMILES string of the molecule is CCCC(=O)N=C1S/C(=C\c2ccc(OCc3ccc(Cl)cc3Cl)cc2)C(O)=C1C(=O)OCC. The highest BCUT2D eigenvalue weighted by Gasteiger charge is 2.33. The quantitative estimate of drug-likeness (QED) is 0.387. The van der Waals surface area contributed by atoms with Crippen molar-refractivity contribution in [2.75, 3.05) is 6.61 Å². The predicted molar refractivity (Wildman–Crippen MR) is 136 cm³/mol. The van der Waals surface area contributed by atoms with Crippen molar-refractivity contribution < 1.29 is 24.2 Å². The largest absolute Gasteiger partial charge is 0.506 e.